The smallest absolute Gasteiger partial charge is 0.232 e. The number of hydrogen-bond donors (Lipinski definition) is 1. The van der Waals surface area contributed by atoms with Crippen LogP contribution in [0.1, 0.15) is 12.8 Å². The summed E-state index contributed by atoms with van der Waals surface area (Å²) in [4.78, 5) is 10.8. The van der Waals surface area contributed by atoms with E-state index in [0.29, 0.717) is 18.4 Å². The highest BCUT2D eigenvalue weighted by Gasteiger charge is 2.22. The number of nitrogens with zero attached hydrogens (tertiary/aromatic N) is 3. The number of aromatic nitrogens is 2. The van der Waals surface area contributed by atoms with E-state index in [2.05, 4.69) is 30.8 Å². The van der Waals surface area contributed by atoms with Crippen LogP contribution in [0.15, 0.2) is 10.7 Å². The van der Waals surface area contributed by atoms with Crippen LogP contribution in [0, 0.1) is 0 Å². The van der Waals surface area contributed by atoms with E-state index < -0.39 is 0 Å². The summed E-state index contributed by atoms with van der Waals surface area (Å²) in [5.74, 6) is 1.23. The number of halogens is 1. The Hall–Kier alpha value is -0.920. The fourth-order valence-corrected chi connectivity index (χ4v) is 2.43. The maximum Gasteiger partial charge on any atom is 0.232 e. The van der Waals surface area contributed by atoms with Crippen molar-refractivity contribution >= 4 is 21.9 Å². The van der Waals surface area contributed by atoms with E-state index in [1.807, 2.05) is 0 Å². The van der Waals surface area contributed by atoms with E-state index in [0.717, 1.165) is 30.4 Å². The Morgan fingerprint density at radius 1 is 1.47 bits per heavy atom. The summed E-state index contributed by atoms with van der Waals surface area (Å²) in [6, 6.07) is 0. The topological polar surface area (TPSA) is 67.7 Å². The Labute approximate surface area is 120 Å². The molecule has 1 aliphatic rings. The first-order valence-electron chi connectivity index (χ1n) is 6.28. The maximum atomic E-state index is 8.74. The lowest BCUT2D eigenvalue weighted by atomic mass is 10.1. The van der Waals surface area contributed by atoms with Gasteiger partial charge in [-0.15, -0.1) is 0 Å². The summed E-state index contributed by atoms with van der Waals surface area (Å²) < 4.78 is 11.5. The van der Waals surface area contributed by atoms with E-state index in [4.69, 9.17) is 14.6 Å². The third kappa shape index (κ3) is 3.77. The lowest BCUT2D eigenvalue weighted by molar-refractivity contribution is 0.0157. The van der Waals surface area contributed by atoms with Crippen LogP contribution < -0.4 is 9.64 Å². The predicted octanol–water partition coefficient (Wildman–Crippen LogP) is 1.23. The van der Waals surface area contributed by atoms with Crippen LogP contribution in [0.5, 0.6) is 5.88 Å². The van der Waals surface area contributed by atoms with Crippen molar-refractivity contribution in [2.45, 2.75) is 18.9 Å². The molecular formula is C12H18BrN3O3. The Morgan fingerprint density at radius 2 is 2.21 bits per heavy atom. The molecule has 2 heterocycles. The Morgan fingerprint density at radius 3 is 2.84 bits per heavy atom. The molecule has 1 saturated heterocycles. The standard InChI is InChI=1S/C12H18BrN3O3/c1-18-11-10(13)8-14-12(15-11)16-4-2-9(3-5-16)19-7-6-17/h8-9,17H,2-7H2,1H3. The molecule has 6 nitrogen and oxygen atoms in total. The van der Waals surface area contributed by atoms with Crippen molar-refractivity contribution in [2.75, 3.05) is 38.3 Å². The van der Waals surface area contributed by atoms with Crippen molar-refractivity contribution in [3.63, 3.8) is 0 Å². The van der Waals surface area contributed by atoms with Gasteiger partial charge in [-0.05, 0) is 28.8 Å². The molecule has 1 N–H and O–H groups in total. The number of aliphatic hydroxyl groups excluding tert-OH is 1. The molecule has 0 unspecified atom stereocenters. The van der Waals surface area contributed by atoms with E-state index in [1.54, 1.807) is 13.3 Å². The number of piperidine rings is 1. The quantitative estimate of drug-likeness (QED) is 0.875. The van der Waals surface area contributed by atoms with E-state index in [-0.39, 0.29) is 12.7 Å². The molecule has 0 atom stereocenters. The molecule has 1 aromatic rings. The lowest BCUT2D eigenvalue weighted by Crippen LogP contribution is -2.38. The molecule has 0 bridgehead atoms. The first kappa shape index (κ1) is 14.5. The molecule has 19 heavy (non-hydrogen) atoms. The van der Waals surface area contributed by atoms with Crippen molar-refractivity contribution in [1.82, 2.24) is 9.97 Å². The Balaban J connectivity index is 1.94. The number of hydrogen-bond acceptors (Lipinski definition) is 6. The van der Waals surface area contributed by atoms with Gasteiger partial charge in [0.15, 0.2) is 0 Å². The number of anilines is 1. The predicted molar refractivity (Wildman–Crippen MR) is 74.6 cm³/mol. The molecule has 1 aromatic heterocycles. The van der Waals surface area contributed by atoms with E-state index >= 15 is 0 Å². The van der Waals surface area contributed by atoms with Crippen molar-refractivity contribution in [1.29, 1.82) is 0 Å². The first-order valence-corrected chi connectivity index (χ1v) is 7.08. The second kappa shape index (κ2) is 7.02. The van der Waals surface area contributed by atoms with Crippen LogP contribution in [0.25, 0.3) is 0 Å². The number of methoxy groups -OCH3 is 1. The normalized spacial score (nSPS) is 16.7. The van der Waals surface area contributed by atoms with Crippen LogP contribution in [-0.2, 0) is 4.74 Å². The average molecular weight is 332 g/mol. The van der Waals surface area contributed by atoms with Crippen molar-refractivity contribution in [2.24, 2.45) is 0 Å². The molecule has 0 spiro atoms. The highest BCUT2D eigenvalue weighted by atomic mass is 79.9. The van der Waals surface area contributed by atoms with Gasteiger partial charge in [-0.25, -0.2) is 4.98 Å². The lowest BCUT2D eigenvalue weighted by Gasteiger charge is -2.31. The van der Waals surface area contributed by atoms with Gasteiger partial charge in [-0.1, -0.05) is 0 Å². The van der Waals surface area contributed by atoms with Gasteiger partial charge in [0.05, 0.1) is 37.1 Å². The van der Waals surface area contributed by atoms with Crippen LogP contribution in [0.3, 0.4) is 0 Å². The fourth-order valence-electron chi connectivity index (χ4n) is 2.08. The maximum absolute atomic E-state index is 8.74. The second-order valence-electron chi connectivity index (χ2n) is 4.31. The average Bonchev–Trinajstić information content (AvgIpc) is 2.46. The fraction of sp³-hybridized carbons (Fsp3) is 0.667. The molecule has 0 aromatic carbocycles. The zero-order chi connectivity index (χ0) is 13.7. The molecule has 0 amide bonds. The summed E-state index contributed by atoms with van der Waals surface area (Å²) in [6.45, 7) is 2.18. The third-order valence-corrected chi connectivity index (χ3v) is 3.61. The van der Waals surface area contributed by atoms with E-state index in [9.17, 15) is 0 Å². The first-order chi connectivity index (χ1) is 9.24. The monoisotopic (exact) mass is 331 g/mol. The highest BCUT2D eigenvalue weighted by Crippen LogP contribution is 2.25. The highest BCUT2D eigenvalue weighted by molar-refractivity contribution is 9.10. The van der Waals surface area contributed by atoms with Crippen molar-refractivity contribution < 1.29 is 14.6 Å². The van der Waals surface area contributed by atoms with Crippen molar-refractivity contribution in [3.8, 4) is 5.88 Å². The summed E-state index contributed by atoms with van der Waals surface area (Å²) in [6.07, 6.45) is 3.76. The van der Waals surface area contributed by atoms with Gasteiger partial charge in [0.25, 0.3) is 0 Å². The number of ether oxygens (including phenoxy) is 2. The molecule has 0 aliphatic carbocycles. The van der Waals surface area contributed by atoms with Crippen molar-refractivity contribution in [3.05, 3.63) is 10.7 Å². The molecule has 2 rings (SSSR count). The number of rotatable bonds is 5. The molecule has 1 fully saturated rings. The van der Waals surface area contributed by atoms with Gasteiger partial charge < -0.3 is 19.5 Å². The van der Waals surface area contributed by atoms with Gasteiger partial charge in [0, 0.05) is 13.1 Å². The van der Waals surface area contributed by atoms with Gasteiger partial charge in [-0.2, -0.15) is 4.98 Å². The van der Waals surface area contributed by atoms with Crippen LogP contribution in [-0.4, -0.2) is 54.6 Å². The summed E-state index contributed by atoms with van der Waals surface area (Å²) >= 11 is 3.34. The van der Waals surface area contributed by atoms with Gasteiger partial charge in [0.1, 0.15) is 0 Å². The minimum Gasteiger partial charge on any atom is -0.480 e. The minimum absolute atomic E-state index is 0.0766. The molecule has 106 valence electrons. The summed E-state index contributed by atoms with van der Waals surface area (Å²) in [5.41, 5.74) is 0. The summed E-state index contributed by atoms with van der Waals surface area (Å²) in [5, 5.41) is 8.74. The zero-order valence-corrected chi connectivity index (χ0v) is 12.5. The molecule has 7 heteroatoms. The van der Waals surface area contributed by atoms with Crippen LogP contribution in [0.4, 0.5) is 5.95 Å². The largest absolute Gasteiger partial charge is 0.480 e. The summed E-state index contributed by atoms with van der Waals surface area (Å²) in [7, 11) is 1.59. The molecule has 0 saturated carbocycles. The zero-order valence-electron chi connectivity index (χ0n) is 10.9. The molecule has 0 radical (unpaired) electrons. The molecular weight excluding hydrogens is 314 g/mol. The van der Waals surface area contributed by atoms with Gasteiger partial charge >= 0.3 is 0 Å². The third-order valence-electron chi connectivity index (χ3n) is 3.06. The number of aliphatic hydroxyl groups is 1. The van der Waals surface area contributed by atoms with Crippen LogP contribution >= 0.6 is 15.9 Å². The van der Waals surface area contributed by atoms with Gasteiger partial charge in [0.2, 0.25) is 11.8 Å². The minimum atomic E-state index is 0.0766. The Bertz CT molecular complexity index is 411. The second-order valence-corrected chi connectivity index (χ2v) is 5.16. The Kier molecular flexibility index (Phi) is 5.35. The van der Waals surface area contributed by atoms with Gasteiger partial charge in [-0.3, -0.25) is 0 Å². The molecule has 1 aliphatic heterocycles. The van der Waals surface area contributed by atoms with E-state index in [1.165, 1.54) is 0 Å². The SMILES string of the molecule is COc1nc(N2CCC(OCCO)CC2)ncc1Br. The van der Waals surface area contributed by atoms with Crippen LogP contribution in [0.2, 0.25) is 0 Å².